The molecule has 0 amide bonds. The van der Waals surface area contributed by atoms with E-state index in [1.165, 1.54) is 13.0 Å². The number of carbonyl (C=O) groups is 1. The van der Waals surface area contributed by atoms with Gasteiger partial charge < -0.3 is 10.3 Å². The fraction of sp³-hybridized carbons (Fsp3) is 0.333. The predicted octanol–water partition coefficient (Wildman–Crippen LogP) is 0.406. The zero-order valence-corrected chi connectivity index (χ0v) is 9.52. The largest absolute Gasteiger partial charge is 0.478 e. The van der Waals surface area contributed by atoms with Crippen molar-refractivity contribution in [2.24, 2.45) is 11.1 Å². The lowest BCUT2D eigenvalue weighted by atomic mass is 9.91. The number of rotatable bonds is 2. The van der Waals surface area contributed by atoms with Crippen molar-refractivity contribution in [3.8, 4) is 0 Å². The molecule has 1 atom stereocenters. The highest BCUT2D eigenvalue weighted by Gasteiger charge is 2.31. The average Bonchev–Trinajstić information content (AvgIpc) is 2.15. The molecule has 0 spiro atoms. The Balaban J connectivity index is 3.39. The second-order valence-corrected chi connectivity index (χ2v) is 5.42. The Kier molecular flexibility index (Phi) is 3.18. The van der Waals surface area contributed by atoms with Gasteiger partial charge in [0.1, 0.15) is 5.71 Å². The van der Waals surface area contributed by atoms with Gasteiger partial charge in [0.05, 0.1) is 4.91 Å². The summed E-state index contributed by atoms with van der Waals surface area (Å²) in [6.45, 7) is 1.47. The van der Waals surface area contributed by atoms with Crippen molar-refractivity contribution < 1.29 is 23.5 Å². The summed E-state index contributed by atoms with van der Waals surface area (Å²) in [4.78, 5) is 10.6. The maximum atomic E-state index is 11.3. The first-order valence-corrected chi connectivity index (χ1v) is 6.25. The highest BCUT2D eigenvalue weighted by atomic mass is 32.2. The van der Waals surface area contributed by atoms with Gasteiger partial charge in [-0.15, -0.1) is 0 Å². The van der Waals surface area contributed by atoms with E-state index in [0.29, 0.717) is 0 Å². The number of oxime groups is 1. The number of hydrogen-bond donors (Lipinski definition) is 2. The molecule has 0 aliphatic heterocycles. The van der Waals surface area contributed by atoms with Crippen LogP contribution in [0.2, 0.25) is 0 Å². The number of hydrogen-bond acceptors (Lipinski definition) is 5. The van der Waals surface area contributed by atoms with Gasteiger partial charge in [0.25, 0.3) is 0 Å². The summed E-state index contributed by atoms with van der Waals surface area (Å²) in [5.74, 6) is -1.94. The van der Waals surface area contributed by atoms with Crippen molar-refractivity contribution in [2.45, 2.75) is 6.92 Å². The molecule has 1 aliphatic rings. The van der Waals surface area contributed by atoms with Crippen molar-refractivity contribution in [2.75, 3.05) is 6.26 Å². The topological polar surface area (TPSA) is 104 Å². The van der Waals surface area contributed by atoms with Gasteiger partial charge in [0.2, 0.25) is 0 Å². The lowest BCUT2D eigenvalue weighted by molar-refractivity contribution is -0.133. The molecular formula is C9H11NO5S. The molecule has 0 fully saturated rings. The number of carboxylic acids is 1. The minimum Gasteiger partial charge on any atom is -0.478 e. The summed E-state index contributed by atoms with van der Waals surface area (Å²) < 4.78 is 22.7. The Morgan fingerprint density at radius 1 is 1.44 bits per heavy atom. The smallest absolute Gasteiger partial charge is 0.332 e. The minimum absolute atomic E-state index is 0.0137. The second kappa shape index (κ2) is 4.09. The van der Waals surface area contributed by atoms with E-state index >= 15 is 0 Å². The van der Waals surface area contributed by atoms with Crippen LogP contribution in [0.3, 0.4) is 0 Å². The highest BCUT2D eigenvalue weighted by Crippen LogP contribution is 2.25. The molecule has 0 radical (unpaired) electrons. The Morgan fingerprint density at radius 3 is 2.38 bits per heavy atom. The van der Waals surface area contributed by atoms with Gasteiger partial charge in [-0.3, -0.25) is 0 Å². The van der Waals surface area contributed by atoms with Crippen LogP contribution in [0.5, 0.6) is 0 Å². The van der Waals surface area contributed by atoms with E-state index < -0.39 is 21.7 Å². The number of nitrogens with zero attached hydrogens (tertiary/aromatic N) is 1. The van der Waals surface area contributed by atoms with Gasteiger partial charge in [0.15, 0.2) is 9.84 Å². The summed E-state index contributed by atoms with van der Waals surface area (Å²) in [7, 11) is -3.54. The maximum absolute atomic E-state index is 11.3. The van der Waals surface area contributed by atoms with Crippen molar-refractivity contribution in [3.63, 3.8) is 0 Å². The summed E-state index contributed by atoms with van der Waals surface area (Å²) in [6, 6.07) is 0. The number of sulfone groups is 1. The van der Waals surface area contributed by atoms with Crippen molar-refractivity contribution in [1.82, 2.24) is 0 Å². The Bertz CT molecular complexity index is 512. The van der Waals surface area contributed by atoms with Crippen LogP contribution in [0.1, 0.15) is 6.92 Å². The lowest BCUT2D eigenvalue weighted by Crippen LogP contribution is -2.26. The second-order valence-electron chi connectivity index (χ2n) is 3.44. The van der Waals surface area contributed by atoms with Crippen LogP contribution in [0.4, 0.5) is 0 Å². The minimum atomic E-state index is -3.54. The molecule has 2 N–H and O–H groups in total. The van der Waals surface area contributed by atoms with E-state index in [1.54, 1.807) is 0 Å². The van der Waals surface area contributed by atoms with E-state index in [1.807, 2.05) is 0 Å². The highest BCUT2D eigenvalue weighted by molar-refractivity contribution is 7.95. The molecule has 0 aromatic heterocycles. The number of allylic oxidation sites excluding steroid dienone is 3. The first kappa shape index (κ1) is 12.4. The van der Waals surface area contributed by atoms with Gasteiger partial charge >= 0.3 is 5.97 Å². The average molecular weight is 245 g/mol. The quantitative estimate of drug-likeness (QED) is 0.541. The Hall–Kier alpha value is -1.63. The molecule has 16 heavy (non-hydrogen) atoms. The molecule has 0 bridgehead atoms. The van der Waals surface area contributed by atoms with E-state index in [9.17, 15) is 13.2 Å². The van der Waals surface area contributed by atoms with Crippen molar-refractivity contribution >= 4 is 21.5 Å². The van der Waals surface area contributed by atoms with Gasteiger partial charge in [-0.1, -0.05) is 12.1 Å². The molecule has 7 heteroatoms. The maximum Gasteiger partial charge on any atom is 0.332 e. The molecule has 1 rings (SSSR count). The van der Waals surface area contributed by atoms with E-state index in [4.69, 9.17) is 10.3 Å². The molecule has 0 heterocycles. The van der Waals surface area contributed by atoms with Crippen LogP contribution in [-0.4, -0.2) is 36.7 Å². The fourth-order valence-corrected chi connectivity index (χ4v) is 2.37. The first-order valence-electron chi connectivity index (χ1n) is 4.36. The van der Waals surface area contributed by atoms with E-state index in [-0.39, 0.29) is 16.2 Å². The van der Waals surface area contributed by atoms with Crippen LogP contribution in [0.25, 0.3) is 0 Å². The molecule has 6 nitrogen and oxygen atoms in total. The third kappa shape index (κ3) is 2.13. The van der Waals surface area contributed by atoms with Gasteiger partial charge in [-0.05, 0) is 12.2 Å². The fourth-order valence-electron chi connectivity index (χ4n) is 1.46. The SMILES string of the molecule is CC1C(C(=O)O)=CC=C(S(C)(=O)=O)C1=NO. The lowest BCUT2D eigenvalue weighted by Gasteiger charge is -2.19. The number of aliphatic carboxylic acids is 1. The predicted molar refractivity (Wildman–Crippen MR) is 57.0 cm³/mol. The molecule has 1 aliphatic carbocycles. The normalized spacial score (nSPS) is 23.9. The van der Waals surface area contributed by atoms with E-state index in [0.717, 1.165) is 12.3 Å². The molecule has 0 saturated heterocycles. The third-order valence-corrected chi connectivity index (χ3v) is 3.44. The summed E-state index contributed by atoms with van der Waals surface area (Å²) in [5.41, 5.74) is -0.164. The first-order chi connectivity index (χ1) is 7.29. The molecule has 88 valence electrons. The van der Waals surface area contributed by atoms with E-state index in [2.05, 4.69) is 5.16 Å². The van der Waals surface area contributed by atoms with Gasteiger partial charge in [0, 0.05) is 17.7 Å². The summed E-state index contributed by atoms with van der Waals surface area (Å²) in [5, 5.41) is 20.5. The zero-order valence-electron chi connectivity index (χ0n) is 8.71. The van der Waals surface area contributed by atoms with Crippen molar-refractivity contribution in [3.05, 3.63) is 22.6 Å². The third-order valence-electron chi connectivity index (χ3n) is 2.30. The number of carboxylic acid groups (broad SMARTS) is 1. The summed E-state index contributed by atoms with van der Waals surface area (Å²) in [6.07, 6.45) is 3.31. The van der Waals surface area contributed by atoms with Gasteiger partial charge in [-0.25, -0.2) is 13.2 Å². The summed E-state index contributed by atoms with van der Waals surface area (Å²) >= 11 is 0. The monoisotopic (exact) mass is 245 g/mol. The molecular weight excluding hydrogens is 234 g/mol. The molecule has 0 aromatic carbocycles. The molecule has 1 unspecified atom stereocenters. The Morgan fingerprint density at radius 2 is 2.00 bits per heavy atom. The van der Waals surface area contributed by atoms with Crippen LogP contribution in [-0.2, 0) is 14.6 Å². The van der Waals surface area contributed by atoms with Gasteiger partial charge in [-0.2, -0.15) is 0 Å². The molecule has 0 aromatic rings. The van der Waals surface area contributed by atoms with Crippen LogP contribution in [0.15, 0.2) is 27.8 Å². The van der Waals surface area contributed by atoms with Crippen LogP contribution < -0.4 is 0 Å². The van der Waals surface area contributed by atoms with Crippen LogP contribution in [0, 0.1) is 5.92 Å². The molecule has 0 saturated carbocycles. The zero-order chi connectivity index (χ0) is 12.5. The van der Waals surface area contributed by atoms with Crippen LogP contribution >= 0.6 is 0 Å². The van der Waals surface area contributed by atoms with Crippen molar-refractivity contribution in [1.29, 1.82) is 0 Å². The Labute approximate surface area is 92.5 Å². The standard InChI is InChI=1S/C9H11NO5S/c1-5-6(9(11)12)3-4-7(8(5)10-13)16(2,14)15/h3-5,13H,1-2H3,(H,11,12).